The van der Waals surface area contributed by atoms with E-state index in [0.717, 1.165) is 11.3 Å². The first-order valence-corrected chi connectivity index (χ1v) is 8.98. The number of sulfonamides is 1. The lowest BCUT2D eigenvalue weighted by Crippen LogP contribution is -2.25. The highest BCUT2D eigenvalue weighted by molar-refractivity contribution is 7.89. The van der Waals surface area contributed by atoms with Gasteiger partial charge in [-0.3, -0.25) is 0 Å². The molecule has 110 valence electrons. The lowest BCUT2D eigenvalue weighted by atomic mass is 10.1. The van der Waals surface area contributed by atoms with Crippen LogP contribution in [0.2, 0.25) is 0 Å². The van der Waals surface area contributed by atoms with Crippen LogP contribution in [0, 0.1) is 5.92 Å². The molecular formula is C13H24N2O2S2. The van der Waals surface area contributed by atoms with Crippen LogP contribution in [-0.4, -0.2) is 21.0 Å². The summed E-state index contributed by atoms with van der Waals surface area (Å²) in [5, 5.41) is 4.98. The molecule has 0 spiro atoms. The van der Waals surface area contributed by atoms with Crippen molar-refractivity contribution < 1.29 is 8.42 Å². The van der Waals surface area contributed by atoms with Gasteiger partial charge in [0.25, 0.3) is 0 Å². The molecule has 6 heteroatoms. The van der Waals surface area contributed by atoms with Crippen LogP contribution in [0.3, 0.4) is 0 Å². The lowest BCUT2D eigenvalue weighted by Gasteiger charge is -2.07. The highest BCUT2D eigenvalue weighted by Gasteiger charge is 2.15. The van der Waals surface area contributed by atoms with Crippen molar-refractivity contribution >= 4 is 21.4 Å². The predicted octanol–water partition coefficient (Wildman–Crippen LogP) is 2.57. The Hall–Kier alpha value is -0.430. The van der Waals surface area contributed by atoms with E-state index in [1.54, 1.807) is 11.4 Å². The second-order valence-corrected chi connectivity index (χ2v) is 8.13. The summed E-state index contributed by atoms with van der Waals surface area (Å²) < 4.78 is 26.7. The molecule has 0 aromatic carbocycles. The Morgan fingerprint density at radius 3 is 2.53 bits per heavy atom. The Morgan fingerprint density at radius 1 is 1.26 bits per heavy atom. The lowest BCUT2D eigenvalue weighted by molar-refractivity contribution is 0.551. The molecule has 1 aromatic heterocycles. The van der Waals surface area contributed by atoms with E-state index < -0.39 is 10.0 Å². The van der Waals surface area contributed by atoms with E-state index in [2.05, 4.69) is 37.7 Å². The normalized spacial score (nSPS) is 12.5. The summed E-state index contributed by atoms with van der Waals surface area (Å²) in [7, 11) is -3.34. The largest absolute Gasteiger partial charge is 0.310 e. The molecule has 2 N–H and O–H groups in total. The molecule has 0 radical (unpaired) electrons. The summed E-state index contributed by atoms with van der Waals surface area (Å²) in [6.07, 6.45) is 0.852. The summed E-state index contributed by atoms with van der Waals surface area (Å²) in [6.45, 7) is 9.50. The molecule has 0 saturated heterocycles. The van der Waals surface area contributed by atoms with Crippen molar-refractivity contribution in [3.05, 3.63) is 16.3 Å². The van der Waals surface area contributed by atoms with Gasteiger partial charge in [-0.1, -0.05) is 27.7 Å². The van der Waals surface area contributed by atoms with Crippen LogP contribution in [0.25, 0.3) is 0 Å². The minimum absolute atomic E-state index is 0.377. The summed E-state index contributed by atoms with van der Waals surface area (Å²) in [4.78, 5) is 1.42. The first-order valence-electron chi connectivity index (χ1n) is 6.61. The quantitative estimate of drug-likeness (QED) is 0.776. The van der Waals surface area contributed by atoms with Gasteiger partial charge in [-0.2, -0.15) is 0 Å². The first kappa shape index (κ1) is 16.6. The van der Waals surface area contributed by atoms with Gasteiger partial charge in [0.1, 0.15) is 0 Å². The van der Waals surface area contributed by atoms with Crippen LogP contribution in [0.1, 0.15) is 39.0 Å². The summed E-state index contributed by atoms with van der Waals surface area (Å²) in [5.41, 5.74) is 0. The predicted molar refractivity (Wildman–Crippen MR) is 80.9 cm³/mol. The van der Waals surface area contributed by atoms with Crippen molar-refractivity contribution in [1.82, 2.24) is 10.0 Å². The number of thiophene rings is 1. The Labute approximate surface area is 120 Å². The van der Waals surface area contributed by atoms with Gasteiger partial charge >= 0.3 is 0 Å². The van der Waals surface area contributed by atoms with E-state index in [1.165, 1.54) is 11.3 Å². The zero-order valence-corrected chi connectivity index (χ0v) is 13.7. The van der Waals surface area contributed by atoms with Crippen molar-refractivity contribution in [2.75, 3.05) is 6.54 Å². The van der Waals surface area contributed by atoms with Crippen LogP contribution in [0.4, 0.5) is 0 Å². The fraction of sp³-hybridized carbons (Fsp3) is 0.692. The third kappa shape index (κ3) is 6.03. The van der Waals surface area contributed by atoms with E-state index >= 15 is 0 Å². The molecule has 0 amide bonds. The summed E-state index contributed by atoms with van der Waals surface area (Å²) in [6, 6.07) is 2.14. The van der Waals surface area contributed by atoms with Crippen molar-refractivity contribution in [1.29, 1.82) is 0 Å². The molecule has 0 aliphatic carbocycles. The molecule has 4 nitrogen and oxygen atoms in total. The van der Waals surface area contributed by atoms with E-state index in [-0.39, 0.29) is 0 Å². The maximum atomic E-state index is 12.0. The van der Waals surface area contributed by atoms with Crippen LogP contribution in [0.5, 0.6) is 0 Å². The van der Waals surface area contributed by atoms with Gasteiger partial charge in [0.2, 0.25) is 10.0 Å². The Kier molecular flexibility index (Phi) is 6.46. The Morgan fingerprint density at radius 2 is 1.95 bits per heavy atom. The average molecular weight is 304 g/mol. The molecule has 0 aliphatic rings. The molecule has 19 heavy (non-hydrogen) atoms. The Balaban J connectivity index is 2.58. The summed E-state index contributed by atoms with van der Waals surface area (Å²) >= 11 is 1.48. The number of hydrogen-bond acceptors (Lipinski definition) is 4. The van der Waals surface area contributed by atoms with Crippen molar-refractivity contribution in [3.63, 3.8) is 0 Å². The highest BCUT2D eigenvalue weighted by atomic mass is 32.2. The van der Waals surface area contributed by atoms with Gasteiger partial charge in [0.05, 0.1) is 4.90 Å². The van der Waals surface area contributed by atoms with Crippen molar-refractivity contribution in [3.8, 4) is 0 Å². The maximum absolute atomic E-state index is 12.0. The number of nitrogens with one attached hydrogen (secondary N) is 2. The van der Waals surface area contributed by atoms with Gasteiger partial charge in [-0.15, -0.1) is 11.3 Å². The molecular weight excluding hydrogens is 280 g/mol. The van der Waals surface area contributed by atoms with Gasteiger partial charge in [-0.25, -0.2) is 13.1 Å². The van der Waals surface area contributed by atoms with E-state index in [1.807, 2.05) is 0 Å². The van der Waals surface area contributed by atoms with Gasteiger partial charge in [0, 0.05) is 29.4 Å². The van der Waals surface area contributed by atoms with Gasteiger partial charge in [-0.05, 0) is 18.4 Å². The van der Waals surface area contributed by atoms with Crippen molar-refractivity contribution in [2.45, 2.75) is 51.6 Å². The van der Waals surface area contributed by atoms with Crippen LogP contribution in [-0.2, 0) is 16.6 Å². The minimum Gasteiger partial charge on any atom is -0.310 e. The first-order chi connectivity index (χ1) is 8.81. The molecule has 0 atom stereocenters. The van der Waals surface area contributed by atoms with E-state index in [9.17, 15) is 8.42 Å². The fourth-order valence-electron chi connectivity index (χ4n) is 1.46. The maximum Gasteiger partial charge on any atom is 0.241 e. The monoisotopic (exact) mass is 304 g/mol. The third-order valence-corrected chi connectivity index (χ3v) is 5.16. The van der Waals surface area contributed by atoms with Gasteiger partial charge in [0.15, 0.2) is 0 Å². The molecule has 1 rings (SSSR count). The fourth-order valence-corrected chi connectivity index (χ4v) is 3.74. The smallest absolute Gasteiger partial charge is 0.241 e. The van der Waals surface area contributed by atoms with Crippen LogP contribution < -0.4 is 10.0 Å². The zero-order valence-electron chi connectivity index (χ0n) is 12.1. The van der Waals surface area contributed by atoms with Crippen LogP contribution in [0.15, 0.2) is 16.3 Å². The molecule has 1 aromatic rings. The zero-order chi connectivity index (χ0) is 14.5. The molecule has 1 heterocycles. The molecule has 0 saturated carbocycles. The number of rotatable bonds is 8. The third-order valence-electron chi connectivity index (χ3n) is 2.64. The highest BCUT2D eigenvalue weighted by Crippen LogP contribution is 2.19. The van der Waals surface area contributed by atoms with Crippen LogP contribution >= 0.6 is 11.3 Å². The second kappa shape index (κ2) is 7.38. The van der Waals surface area contributed by atoms with E-state index in [0.29, 0.717) is 29.9 Å². The molecule has 0 fully saturated rings. The molecule has 0 unspecified atom stereocenters. The SMILES string of the molecule is CC(C)CCNS(=O)(=O)c1csc(CNC(C)C)c1. The topological polar surface area (TPSA) is 58.2 Å². The number of hydrogen-bond donors (Lipinski definition) is 2. The second-order valence-electron chi connectivity index (χ2n) is 5.36. The van der Waals surface area contributed by atoms with E-state index in [4.69, 9.17) is 0 Å². The molecule has 0 bridgehead atoms. The summed E-state index contributed by atoms with van der Waals surface area (Å²) in [5.74, 6) is 0.496. The molecule has 0 aliphatic heterocycles. The average Bonchev–Trinajstić information content (AvgIpc) is 2.74. The minimum atomic E-state index is -3.34. The Bertz CT molecular complexity index is 479. The van der Waals surface area contributed by atoms with Gasteiger partial charge < -0.3 is 5.32 Å². The standard InChI is InChI=1S/C13H24N2O2S2/c1-10(2)5-6-15-19(16,17)13-7-12(18-9-13)8-14-11(3)4/h7,9-11,14-15H,5-6,8H2,1-4H3. The van der Waals surface area contributed by atoms with Crippen molar-refractivity contribution in [2.24, 2.45) is 5.92 Å².